The normalized spacial score (nSPS) is 17.0. The molecular weight excluding hydrogens is 326 g/mol. The Balaban J connectivity index is 1.62. The Morgan fingerprint density at radius 3 is 2.69 bits per heavy atom. The third-order valence-corrected chi connectivity index (χ3v) is 4.60. The minimum Gasteiger partial charge on any atom is -0.444 e. The molecule has 0 bridgehead atoms. The van der Waals surface area contributed by atoms with Gasteiger partial charge in [0.2, 0.25) is 0 Å². The fourth-order valence-electron chi connectivity index (χ4n) is 3.28. The quantitative estimate of drug-likeness (QED) is 0.815. The van der Waals surface area contributed by atoms with Gasteiger partial charge in [0.1, 0.15) is 5.60 Å². The predicted molar refractivity (Wildman–Crippen MR) is 104 cm³/mol. The van der Waals surface area contributed by atoms with Crippen molar-refractivity contribution in [2.45, 2.75) is 45.8 Å². The number of aromatic nitrogens is 1. The summed E-state index contributed by atoms with van der Waals surface area (Å²) in [5.74, 6) is 0. The maximum Gasteiger partial charge on any atom is 0.410 e. The monoisotopic (exact) mass is 355 g/mol. The van der Waals surface area contributed by atoms with Crippen LogP contribution in [-0.2, 0) is 11.3 Å². The zero-order valence-electron chi connectivity index (χ0n) is 16.1. The summed E-state index contributed by atoms with van der Waals surface area (Å²) >= 11 is 0. The molecule has 2 heterocycles. The second-order valence-corrected chi connectivity index (χ2v) is 8.01. The highest BCUT2D eigenvalue weighted by molar-refractivity contribution is 5.81. The first-order chi connectivity index (χ1) is 12.4. The summed E-state index contributed by atoms with van der Waals surface area (Å²) in [5, 5.41) is 2.39. The summed E-state index contributed by atoms with van der Waals surface area (Å²) in [6.07, 6.45) is 5.64. The van der Waals surface area contributed by atoms with Crippen molar-refractivity contribution < 1.29 is 9.53 Å². The molecule has 26 heavy (non-hydrogen) atoms. The molecule has 1 aliphatic rings. The van der Waals surface area contributed by atoms with Crippen molar-refractivity contribution in [2.24, 2.45) is 0 Å². The van der Waals surface area contributed by atoms with Gasteiger partial charge in [0.25, 0.3) is 0 Å². The summed E-state index contributed by atoms with van der Waals surface area (Å²) in [7, 11) is 0. The molecule has 0 atom stereocenters. The number of pyridine rings is 1. The number of ether oxygens (including phenoxy) is 1. The third kappa shape index (κ3) is 5.18. The van der Waals surface area contributed by atoms with Crippen molar-refractivity contribution in [2.75, 3.05) is 26.2 Å². The number of benzene rings is 1. The van der Waals surface area contributed by atoms with Crippen molar-refractivity contribution >= 4 is 16.9 Å². The summed E-state index contributed by atoms with van der Waals surface area (Å²) in [6.45, 7) is 10.1. The predicted octanol–water partition coefficient (Wildman–Crippen LogP) is 4.07. The highest BCUT2D eigenvalue weighted by Gasteiger charge is 2.23. The molecule has 0 radical (unpaired) electrons. The van der Waals surface area contributed by atoms with E-state index in [1.807, 2.05) is 38.1 Å². The van der Waals surface area contributed by atoms with Crippen molar-refractivity contribution in [3.05, 3.63) is 42.2 Å². The first kappa shape index (κ1) is 18.6. The number of carbonyl (C=O) groups excluding carboxylic acids is 1. The van der Waals surface area contributed by atoms with Crippen LogP contribution in [0.5, 0.6) is 0 Å². The van der Waals surface area contributed by atoms with E-state index in [-0.39, 0.29) is 6.09 Å². The number of carbonyl (C=O) groups is 1. The van der Waals surface area contributed by atoms with Crippen LogP contribution in [0.4, 0.5) is 4.79 Å². The molecule has 0 spiro atoms. The molecule has 0 saturated carbocycles. The summed E-state index contributed by atoms with van der Waals surface area (Å²) < 4.78 is 5.54. The fraction of sp³-hybridized carbons (Fsp3) is 0.524. The summed E-state index contributed by atoms with van der Waals surface area (Å²) in [5.41, 5.74) is 0.854. The van der Waals surface area contributed by atoms with Crippen molar-refractivity contribution in [1.82, 2.24) is 14.8 Å². The van der Waals surface area contributed by atoms with Gasteiger partial charge in [0.05, 0.1) is 0 Å². The van der Waals surface area contributed by atoms with Crippen LogP contribution in [0.2, 0.25) is 0 Å². The van der Waals surface area contributed by atoms with Gasteiger partial charge in [-0.25, -0.2) is 4.79 Å². The van der Waals surface area contributed by atoms with Gasteiger partial charge in [0, 0.05) is 44.0 Å². The number of fused-ring (bicyclic) bond motifs is 1. The molecule has 5 heteroatoms. The lowest BCUT2D eigenvalue weighted by Crippen LogP contribution is -2.43. The molecule has 0 unspecified atom stereocenters. The molecule has 3 rings (SSSR count). The van der Waals surface area contributed by atoms with Crippen LogP contribution in [-0.4, -0.2) is 52.7 Å². The van der Waals surface area contributed by atoms with Crippen LogP contribution < -0.4 is 0 Å². The van der Waals surface area contributed by atoms with E-state index in [0.29, 0.717) is 6.54 Å². The van der Waals surface area contributed by atoms with Gasteiger partial charge in [-0.15, -0.1) is 0 Å². The zero-order valence-corrected chi connectivity index (χ0v) is 16.1. The highest BCUT2D eigenvalue weighted by atomic mass is 16.6. The van der Waals surface area contributed by atoms with E-state index in [1.165, 1.54) is 16.3 Å². The Bertz CT molecular complexity index is 754. The molecule has 1 aromatic carbocycles. The molecule has 1 aliphatic heterocycles. The molecule has 2 aromatic rings. The molecule has 1 fully saturated rings. The SMILES string of the molecule is CC(C)(C)OC(=O)N1CCCCN(Cc2ccc3cnccc3c2)CC1. The second-order valence-electron chi connectivity index (χ2n) is 8.01. The fourth-order valence-corrected chi connectivity index (χ4v) is 3.28. The maximum absolute atomic E-state index is 12.4. The Kier molecular flexibility index (Phi) is 5.77. The van der Waals surface area contributed by atoms with Gasteiger partial charge in [0.15, 0.2) is 0 Å². The number of hydrogen-bond donors (Lipinski definition) is 0. The molecule has 0 aliphatic carbocycles. The van der Waals surface area contributed by atoms with Crippen LogP contribution in [0, 0.1) is 0 Å². The Morgan fingerprint density at radius 1 is 1.08 bits per heavy atom. The molecule has 1 saturated heterocycles. The van der Waals surface area contributed by atoms with Gasteiger partial charge >= 0.3 is 6.09 Å². The number of nitrogens with zero attached hydrogens (tertiary/aromatic N) is 3. The van der Waals surface area contributed by atoms with E-state index in [0.717, 1.165) is 39.0 Å². The van der Waals surface area contributed by atoms with E-state index in [2.05, 4.69) is 34.1 Å². The number of rotatable bonds is 2. The Labute approximate surface area is 156 Å². The van der Waals surface area contributed by atoms with Crippen molar-refractivity contribution in [3.8, 4) is 0 Å². The molecular formula is C21H29N3O2. The topological polar surface area (TPSA) is 45.7 Å². The smallest absolute Gasteiger partial charge is 0.410 e. The standard InChI is InChI=1S/C21H29N3O2/c1-21(2,3)26-20(25)24-11-5-4-10-23(12-13-24)16-17-6-7-19-15-22-9-8-18(19)14-17/h6-9,14-15H,4-5,10-13,16H2,1-3H3. The lowest BCUT2D eigenvalue weighted by Gasteiger charge is -2.32. The number of amides is 1. The maximum atomic E-state index is 12.4. The van der Waals surface area contributed by atoms with Gasteiger partial charge < -0.3 is 9.64 Å². The average Bonchev–Trinajstić information content (AvgIpc) is 2.56. The van der Waals surface area contributed by atoms with Crippen LogP contribution in [0.3, 0.4) is 0 Å². The minimum atomic E-state index is -0.445. The van der Waals surface area contributed by atoms with Crippen LogP contribution in [0.15, 0.2) is 36.7 Å². The van der Waals surface area contributed by atoms with Gasteiger partial charge in [-0.05, 0) is 63.2 Å². The highest BCUT2D eigenvalue weighted by Crippen LogP contribution is 2.17. The van der Waals surface area contributed by atoms with E-state index >= 15 is 0 Å². The van der Waals surface area contributed by atoms with Gasteiger partial charge in [-0.2, -0.15) is 0 Å². The van der Waals surface area contributed by atoms with E-state index in [1.54, 1.807) is 0 Å². The lowest BCUT2D eigenvalue weighted by molar-refractivity contribution is 0.0208. The Morgan fingerprint density at radius 2 is 1.88 bits per heavy atom. The van der Waals surface area contributed by atoms with Crippen LogP contribution in [0.1, 0.15) is 39.2 Å². The molecule has 1 aromatic heterocycles. The lowest BCUT2D eigenvalue weighted by atomic mass is 10.1. The van der Waals surface area contributed by atoms with Crippen molar-refractivity contribution in [1.29, 1.82) is 0 Å². The molecule has 1 amide bonds. The van der Waals surface area contributed by atoms with Crippen LogP contribution in [0.25, 0.3) is 10.8 Å². The molecule has 140 valence electrons. The average molecular weight is 355 g/mol. The Hall–Kier alpha value is -2.14. The third-order valence-electron chi connectivity index (χ3n) is 4.60. The van der Waals surface area contributed by atoms with Gasteiger partial charge in [-0.3, -0.25) is 9.88 Å². The second kappa shape index (κ2) is 8.04. The summed E-state index contributed by atoms with van der Waals surface area (Å²) in [4.78, 5) is 20.8. The van der Waals surface area contributed by atoms with E-state index in [4.69, 9.17) is 4.74 Å². The van der Waals surface area contributed by atoms with Crippen molar-refractivity contribution in [3.63, 3.8) is 0 Å². The van der Waals surface area contributed by atoms with Crippen LogP contribution >= 0.6 is 0 Å². The van der Waals surface area contributed by atoms with Gasteiger partial charge in [-0.1, -0.05) is 12.1 Å². The minimum absolute atomic E-state index is 0.197. The first-order valence-electron chi connectivity index (χ1n) is 9.44. The molecule has 5 nitrogen and oxygen atoms in total. The molecule has 0 N–H and O–H groups in total. The number of hydrogen-bond acceptors (Lipinski definition) is 4. The first-order valence-corrected chi connectivity index (χ1v) is 9.44. The van der Waals surface area contributed by atoms with E-state index in [9.17, 15) is 4.79 Å². The van der Waals surface area contributed by atoms with E-state index < -0.39 is 5.60 Å². The summed E-state index contributed by atoms with van der Waals surface area (Å²) in [6, 6.07) is 8.60. The largest absolute Gasteiger partial charge is 0.444 e. The zero-order chi connectivity index (χ0) is 18.6.